The number of carbonyl (C=O) groups excluding carboxylic acids is 1. The van der Waals surface area contributed by atoms with Crippen molar-refractivity contribution < 1.29 is 18.0 Å². The van der Waals surface area contributed by atoms with Gasteiger partial charge in [0.2, 0.25) is 0 Å². The average molecular weight is 321 g/mol. The Balaban J connectivity index is 2.34. The fourth-order valence-electron chi connectivity index (χ4n) is 2.29. The number of nitrogens with zero attached hydrogens (tertiary/aromatic N) is 1. The van der Waals surface area contributed by atoms with Crippen LogP contribution in [-0.2, 0) is 12.6 Å². The monoisotopic (exact) mass is 321 g/mol. The predicted molar refractivity (Wildman–Crippen MR) is 83.2 cm³/mol. The maximum Gasteiger partial charge on any atom is 0.433 e. The molecule has 0 radical (unpaired) electrons. The minimum Gasteiger partial charge on any atom is -0.298 e. The second-order valence-electron chi connectivity index (χ2n) is 5.94. The van der Waals surface area contributed by atoms with E-state index in [0.29, 0.717) is 22.6 Å². The highest BCUT2D eigenvalue weighted by Gasteiger charge is 2.32. The Bertz CT molecular complexity index is 676. The van der Waals surface area contributed by atoms with Crippen LogP contribution in [0.2, 0.25) is 0 Å². The number of rotatable bonds is 5. The van der Waals surface area contributed by atoms with E-state index in [0.717, 1.165) is 30.8 Å². The molecule has 0 atom stereocenters. The topological polar surface area (TPSA) is 30.0 Å². The number of halogens is 3. The molecule has 0 bridgehead atoms. The number of hydrogen-bond acceptors (Lipinski definition) is 2. The number of aromatic nitrogens is 1. The molecule has 0 saturated heterocycles. The van der Waals surface area contributed by atoms with Gasteiger partial charge in [0.1, 0.15) is 12.0 Å². The van der Waals surface area contributed by atoms with E-state index in [2.05, 4.69) is 18.8 Å². The third-order valence-electron chi connectivity index (χ3n) is 3.55. The molecule has 0 fully saturated rings. The lowest BCUT2D eigenvalue weighted by Gasteiger charge is -2.10. The zero-order valence-electron chi connectivity index (χ0n) is 13.0. The summed E-state index contributed by atoms with van der Waals surface area (Å²) in [6.07, 6.45) is -0.710. The highest BCUT2D eigenvalue weighted by Crippen LogP contribution is 2.29. The maximum atomic E-state index is 12.6. The van der Waals surface area contributed by atoms with Crippen LogP contribution in [0.5, 0.6) is 0 Å². The Hall–Kier alpha value is -2.17. The number of aryl methyl sites for hydroxylation is 1. The van der Waals surface area contributed by atoms with Crippen molar-refractivity contribution in [3.05, 3.63) is 53.3 Å². The molecule has 0 aliphatic carbocycles. The average Bonchev–Trinajstić information content (AvgIpc) is 2.52. The van der Waals surface area contributed by atoms with Gasteiger partial charge in [0, 0.05) is 17.3 Å². The van der Waals surface area contributed by atoms with Crippen LogP contribution in [0.1, 0.15) is 41.9 Å². The summed E-state index contributed by atoms with van der Waals surface area (Å²) in [5.74, 6) is 0.533. The fourth-order valence-corrected chi connectivity index (χ4v) is 2.29. The van der Waals surface area contributed by atoms with Crippen LogP contribution in [0, 0.1) is 5.92 Å². The summed E-state index contributed by atoms with van der Waals surface area (Å²) in [7, 11) is 0. The molecular formula is C18H18F3NO. The third kappa shape index (κ3) is 4.65. The predicted octanol–water partition coefficient (Wildman–Crippen LogP) is 5.17. The van der Waals surface area contributed by atoms with E-state index < -0.39 is 11.9 Å². The van der Waals surface area contributed by atoms with E-state index in [1.165, 1.54) is 12.3 Å². The van der Waals surface area contributed by atoms with Gasteiger partial charge in [-0.15, -0.1) is 0 Å². The number of benzene rings is 1. The minimum absolute atomic E-state index is 0.515. The molecule has 5 heteroatoms. The summed E-state index contributed by atoms with van der Waals surface area (Å²) in [4.78, 5) is 14.6. The van der Waals surface area contributed by atoms with Gasteiger partial charge in [0.25, 0.3) is 0 Å². The molecule has 2 nitrogen and oxygen atoms in total. The second-order valence-corrected chi connectivity index (χ2v) is 5.94. The third-order valence-corrected chi connectivity index (χ3v) is 3.55. The molecule has 0 unspecified atom stereocenters. The van der Waals surface area contributed by atoms with Crippen LogP contribution in [0.4, 0.5) is 13.2 Å². The van der Waals surface area contributed by atoms with Gasteiger partial charge in [-0.05, 0) is 48.1 Å². The molecule has 0 aliphatic heterocycles. The van der Waals surface area contributed by atoms with Gasteiger partial charge < -0.3 is 0 Å². The van der Waals surface area contributed by atoms with Crippen LogP contribution < -0.4 is 0 Å². The van der Waals surface area contributed by atoms with Gasteiger partial charge in [0.15, 0.2) is 0 Å². The Morgan fingerprint density at radius 1 is 1.13 bits per heavy atom. The van der Waals surface area contributed by atoms with Crippen LogP contribution in [0.25, 0.3) is 11.1 Å². The highest BCUT2D eigenvalue weighted by molar-refractivity contribution is 5.79. The minimum atomic E-state index is -4.45. The van der Waals surface area contributed by atoms with Crippen molar-refractivity contribution in [2.45, 2.75) is 32.9 Å². The molecule has 2 rings (SSSR count). The van der Waals surface area contributed by atoms with E-state index in [1.54, 1.807) is 6.07 Å². The molecule has 23 heavy (non-hydrogen) atoms. The summed E-state index contributed by atoms with van der Waals surface area (Å²) >= 11 is 0. The van der Waals surface area contributed by atoms with Crippen LogP contribution in [-0.4, -0.2) is 11.3 Å². The maximum absolute atomic E-state index is 12.6. The summed E-state index contributed by atoms with van der Waals surface area (Å²) in [6, 6.07) is 7.72. The first-order chi connectivity index (χ1) is 10.8. The van der Waals surface area contributed by atoms with E-state index in [4.69, 9.17) is 0 Å². The van der Waals surface area contributed by atoms with Crippen molar-refractivity contribution in [3.8, 4) is 11.1 Å². The highest BCUT2D eigenvalue weighted by atomic mass is 19.4. The number of carbonyl (C=O) groups is 1. The number of alkyl halides is 3. The standard InChI is InChI=1S/C18H18F3NO/c1-12(2)3-4-13-7-14(11-23)9-16(8-13)15-5-6-17(22-10-15)18(19,20)21/h5-12H,3-4H2,1-2H3. The van der Waals surface area contributed by atoms with E-state index in [-0.39, 0.29) is 0 Å². The lowest BCUT2D eigenvalue weighted by Crippen LogP contribution is -2.07. The summed E-state index contributed by atoms with van der Waals surface area (Å²) < 4.78 is 37.7. The zero-order chi connectivity index (χ0) is 17.0. The van der Waals surface area contributed by atoms with Gasteiger partial charge in [-0.25, -0.2) is 0 Å². The van der Waals surface area contributed by atoms with Crippen molar-refractivity contribution in [2.75, 3.05) is 0 Å². The van der Waals surface area contributed by atoms with E-state index in [9.17, 15) is 18.0 Å². The van der Waals surface area contributed by atoms with Gasteiger partial charge in [-0.1, -0.05) is 26.0 Å². The van der Waals surface area contributed by atoms with Gasteiger partial charge >= 0.3 is 6.18 Å². The Labute approximate surface area is 133 Å². The quantitative estimate of drug-likeness (QED) is 0.711. The molecule has 1 aromatic heterocycles. The molecule has 1 heterocycles. The van der Waals surface area contributed by atoms with Gasteiger partial charge in [-0.3, -0.25) is 9.78 Å². The molecule has 0 amide bonds. The smallest absolute Gasteiger partial charge is 0.298 e. The number of aldehydes is 1. The molecular weight excluding hydrogens is 303 g/mol. The Morgan fingerprint density at radius 3 is 2.39 bits per heavy atom. The van der Waals surface area contributed by atoms with Crippen molar-refractivity contribution >= 4 is 6.29 Å². The first kappa shape index (κ1) is 17.2. The van der Waals surface area contributed by atoms with Gasteiger partial charge in [-0.2, -0.15) is 13.2 Å². The summed E-state index contributed by atoms with van der Waals surface area (Å²) in [6.45, 7) is 4.23. The molecule has 0 spiro atoms. The zero-order valence-corrected chi connectivity index (χ0v) is 13.0. The first-order valence-electron chi connectivity index (χ1n) is 7.42. The fraction of sp³-hybridized carbons (Fsp3) is 0.333. The normalized spacial score (nSPS) is 11.7. The number of pyridine rings is 1. The largest absolute Gasteiger partial charge is 0.433 e. The van der Waals surface area contributed by atoms with Crippen molar-refractivity contribution in [1.82, 2.24) is 4.98 Å². The lowest BCUT2D eigenvalue weighted by atomic mass is 9.96. The molecule has 0 aliphatic rings. The summed E-state index contributed by atoms with van der Waals surface area (Å²) in [5, 5.41) is 0. The van der Waals surface area contributed by atoms with Crippen LogP contribution >= 0.6 is 0 Å². The SMILES string of the molecule is CC(C)CCc1cc(C=O)cc(-c2ccc(C(F)(F)F)nc2)c1. The van der Waals surface area contributed by atoms with Crippen molar-refractivity contribution in [1.29, 1.82) is 0 Å². The molecule has 0 saturated carbocycles. The molecule has 122 valence electrons. The summed E-state index contributed by atoms with van der Waals surface area (Å²) in [5.41, 5.74) is 1.86. The molecule has 1 aromatic carbocycles. The molecule has 2 aromatic rings. The van der Waals surface area contributed by atoms with E-state index in [1.807, 2.05) is 12.1 Å². The van der Waals surface area contributed by atoms with Crippen LogP contribution in [0.15, 0.2) is 36.5 Å². The van der Waals surface area contributed by atoms with Crippen LogP contribution in [0.3, 0.4) is 0 Å². The van der Waals surface area contributed by atoms with E-state index >= 15 is 0 Å². The first-order valence-corrected chi connectivity index (χ1v) is 7.42. The second kappa shape index (κ2) is 6.94. The number of hydrogen-bond donors (Lipinski definition) is 0. The van der Waals surface area contributed by atoms with Gasteiger partial charge in [0.05, 0.1) is 0 Å². The van der Waals surface area contributed by atoms with Crippen molar-refractivity contribution in [3.63, 3.8) is 0 Å². The molecule has 0 N–H and O–H groups in total. The van der Waals surface area contributed by atoms with Crippen molar-refractivity contribution in [2.24, 2.45) is 5.92 Å². The Kier molecular flexibility index (Phi) is 5.19. The Morgan fingerprint density at radius 2 is 1.87 bits per heavy atom. The lowest BCUT2D eigenvalue weighted by molar-refractivity contribution is -0.141.